The fourth-order valence-electron chi connectivity index (χ4n) is 2.08. The number of benzene rings is 1. The Hall–Kier alpha value is -1.65. The van der Waals surface area contributed by atoms with E-state index in [1.807, 2.05) is 30.6 Å². The quantitative estimate of drug-likeness (QED) is 0.779. The summed E-state index contributed by atoms with van der Waals surface area (Å²) in [5.41, 5.74) is 1.20. The summed E-state index contributed by atoms with van der Waals surface area (Å²) in [7, 11) is 1.97. The monoisotopic (exact) mass is 257 g/mol. The van der Waals surface area contributed by atoms with Gasteiger partial charge in [-0.3, -0.25) is 4.68 Å². The highest BCUT2D eigenvalue weighted by Gasteiger charge is 2.04. The Bertz CT molecular complexity index is 654. The van der Waals surface area contributed by atoms with Crippen LogP contribution in [-0.2, 0) is 13.1 Å². The minimum absolute atomic E-state index is 0.849. The zero-order chi connectivity index (χ0) is 12.4. The van der Waals surface area contributed by atoms with Crippen LogP contribution in [0.3, 0.4) is 0 Å². The number of para-hydroxylation sites is 1. The predicted molar refractivity (Wildman–Crippen MR) is 75.9 cm³/mol. The van der Waals surface area contributed by atoms with Crippen molar-refractivity contribution in [1.29, 1.82) is 0 Å². The minimum Gasteiger partial charge on any atom is -0.315 e. The van der Waals surface area contributed by atoms with Gasteiger partial charge in [0.05, 0.1) is 18.3 Å². The smallest absolute Gasteiger partial charge is 0.0759 e. The van der Waals surface area contributed by atoms with E-state index in [9.17, 15) is 0 Å². The van der Waals surface area contributed by atoms with Crippen LogP contribution in [0.5, 0.6) is 0 Å². The van der Waals surface area contributed by atoms with Crippen molar-refractivity contribution >= 4 is 22.2 Å². The number of fused-ring (bicyclic) bond motifs is 1. The van der Waals surface area contributed by atoms with E-state index in [2.05, 4.69) is 45.4 Å². The second kappa shape index (κ2) is 4.92. The third-order valence-electron chi connectivity index (χ3n) is 2.92. The van der Waals surface area contributed by atoms with Crippen molar-refractivity contribution in [3.63, 3.8) is 0 Å². The molecule has 92 valence electrons. The minimum atomic E-state index is 0.849. The molecular weight excluding hydrogens is 242 g/mol. The summed E-state index contributed by atoms with van der Waals surface area (Å²) in [5.74, 6) is 0. The molecule has 1 aromatic carbocycles. The van der Waals surface area contributed by atoms with Crippen LogP contribution >= 0.6 is 11.3 Å². The molecule has 4 heteroatoms. The number of nitrogens with zero attached hydrogens (tertiary/aromatic N) is 2. The Morgan fingerprint density at radius 2 is 2.00 bits per heavy atom. The summed E-state index contributed by atoms with van der Waals surface area (Å²) in [6.07, 6.45) is 1.93. The number of thiophene rings is 1. The maximum atomic E-state index is 4.45. The highest BCUT2D eigenvalue weighted by atomic mass is 32.1. The number of nitrogens with one attached hydrogen (secondary N) is 1. The molecule has 0 aliphatic heterocycles. The zero-order valence-corrected chi connectivity index (χ0v) is 11.1. The highest BCUT2D eigenvalue weighted by molar-refractivity contribution is 7.11. The maximum absolute atomic E-state index is 4.45. The Labute approximate surface area is 110 Å². The summed E-state index contributed by atoms with van der Waals surface area (Å²) in [5, 5.41) is 8.83. The average Bonchev–Trinajstić information content (AvgIpc) is 2.99. The second-order valence-electron chi connectivity index (χ2n) is 4.26. The number of aromatic nitrogens is 2. The Morgan fingerprint density at radius 3 is 2.89 bits per heavy atom. The SMILES string of the molecule is CNCc1ccc(Cn2ncc3ccccc32)s1. The van der Waals surface area contributed by atoms with Crippen molar-refractivity contribution in [2.75, 3.05) is 7.05 Å². The number of hydrogen-bond acceptors (Lipinski definition) is 3. The van der Waals surface area contributed by atoms with Crippen molar-refractivity contribution < 1.29 is 0 Å². The van der Waals surface area contributed by atoms with Crippen molar-refractivity contribution in [2.45, 2.75) is 13.1 Å². The molecule has 0 unspecified atom stereocenters. The van der Waals surface area contributed by atoms with Crippen LogP contribution < -0.4 is 5.32 Å². The molecule has 0 saturated carbocycles. The van der Waals surface area contributed by atoms with Crippen LogP contribution in [0.1, 0.15) is 9.75 Å². The molecule has 3 rings (SSSR count). The third-order valence-corrected chi connectivity index (χ3v) is 3.99. The van der Waals surface area contributed by atoms with E-state index in [1.54, 1.807) is 0 Å². The third kappa shape index (κ3) is 2.17. The molecule has 1 N–H and O–H groups in total. The molecule has 0 bridgehead atoms. The van der Waals surface area contributed by atoms with Gasteiger partial charge in [0, 0.05) is 21.7 Å². The molecule has 18 heavy (non-hydrogen) atoms. The molecule has 2 aromatic heterocycles. The fraction of sp³-hybridized carbons (Fsp3) is 0.214. The van der Waals surface area contributed by atoms with Crippen molar-refractivity contribution in [3.05, 3.63) is 52.3 Å². The molecule has 3 nitrogen and oxygen atoms in total. The average molecular weight is 257 g/mol. The van der Waals surface area contributed by atoms with Crippen LogP contribution in [0.4, 0.5) is 0 Å². The molecule has 0 amide bonds. The van der Waals surface area contributed by atoms with Gasteiger partial charge in [0.25, 0.3) is 0 Å². The number of rotatable bonds is 4. The van der Waals surface area contributed by atoms with Gasteiger partial charge in [-0.1, -0.05) is 18.2 Å². The molecule has 0 radical (unpaired) electrons. The molecule has 0 saturated heterocycles. The molecular formula is C14H15N3S. The van der Waals surface area contributed by atoms with Crippen LogP contribution in [0, 0.1) is 0 Å². The predicted octanol–water partition coefficient (Wildman–Crippen LogP) is 2.87. The largest absolute Gasteiger partial charge is 0.315 e. The lowest BCUT2D eigenvalue weighted by Crippen LogP contribution is -2.02. The van der Waals surface area contributed by atoms with E-state index >= 15 is 0 Å². The van der Waals surface area contributed by atoms with Gasteiger partial charge in [-0.15, -0.1) is 11.3 Å². The van der Waals surface area contributed by atoms with Crippen LogP contribution in [0.2, 0.25) is 0 Å². The summed E-state index contributed by atoms with van der Waals surface area (Å²) >= 11 is 1.84. The molecule has 2 heterocycles. The molecule has 0 aliphatic rings. The van der Waals surface area contributed by atoms with Crippen LogP contribution in [0.15, 0.2) is 42.6 Å². The maximum Gasteiger partial charge on any atom is 0.0759 e. The van der Waals surface area contributed by atoms with E-state index in [4.69, 9.17) is 0 Å². The van der Waals surface area contributed by atoms with Gasteiger partial charge < -0.3 is 5.32 Å². The van der Waals surface area contributed by atoms with E-state index in [1.165, 1.54) is 20.7 Å². The summed E-state index contributed by atoms with van der Waals surface area (Å²) in [6.45, 7) is 1.78. The first kappa shape index (κ1) is 11.4. The van der Waals surface area contributed by atoms with E-state index < -0.39 is 0 Å². The fourth-order valence-corrected chi connectivity index (χ4v) is 3.09. The van der Waals surface area contributed by atoms with Gasteiger partial charge in [0.15, 0.2) is 0 Å². The second-order valence-corrected chi connectivity index (χ2v) is 5.51. The lowest BCUT2D eigenvalue weighted by Gasteiger charge is -2.01. The van der Waals surface area contributed by atoms with Crippen molar-refractivity contribution in [2.24, 2.45) is 0 Å². The molecule has 3 aromatic rings. The molecule has 0 atom stereocenters. The normalized spacial score (nSPS) is 11.2. The van der Waals surface area contributed by atoms with E-state index in [-0.39, 0.29) is 0 Å². The first-order valence-corrected chi connectivity index (χ1v) is 6.81. The summed E-state index contributed by atoms with van der Waals surface area (Å²) in [4.78, 5) is 2.71. The lowest BCUT2D eigenvalue weighted by atomic mass is 10.2. The summed E-state index contributed by atoms with van der Waals surface area (Å²) < 4.78 is 2.06. The van der Waals surface area contributed by atoms with Crippen LogP contribution in [0.25, 0.3) is 10.9 Å². The molecule has 0 fully saturated rings. The van der Waals surface area contributed by atoms with Gasteiger partial charge in [0.2, 0.25) is 0 Å². The topological polar surface area (TPSA) is 29.9 Å². The standard InChI is InChI=1S/C14H15N3S/c1-15-9-12-6-7-13(18-12)10-17-14-5-3-2-4-11(14)8-16-17/h2-8,15H,9-10H2,1H3. The van der Waals surface area contributed by atoms with E-state index in [0.29, 0.717) is 0 Å². The number of hydrogen-bond donors (Lipinski definition) is 1. The Morgan fingerprint density at radius 1 is 1.17 bits per heavy atom. The van der Waals surface area contributed by atoms with Crippen LogP contribution in [-0.4, -0.2) is 16.8 Å². The molecule has 0 spiro atoms. The van der Waals surface area contributed by atoms with Gasteiger partial charge in [-0.05, 0) is 25.2 Å². The van der Waals surface area contributed by atoms with Gasteiger partial charge >= 0.3 is 0 Å². The van der Waals surface area contributed by atoms with Crippen molar-refractivity contribution in [3.8, 4) is 0 Å². The first-order chi connectivity index (χ1) is 8.86. The van der Waals surface area contributed by atoms with Gasteiger partial charge in [-0.2, -0.15) is 5.10 Å². The Balaban J connectivity index is 1.87. The Kier molecular flexibility index (Phi) is 3.13. The van der Waals surface area contributed by atoms with E-state index in [0.717, 1.165) is 13.1 Å². The van der Waals surface area contributed by atoms with Gasteiger partial charge in [-0.25, -0.2) is 0 Å². The highest BCUT2D eigenvalue weighted by Crippen LogP contribution is 2.20. The lowest BCUT2D eigenvalue weighted by molar-refractivity contribution is 0.720. The van der Waals surface area contributed by atoms with Crippen molar-refractivity contribution in [1.82, 2.24) is 15.1 Å². The summed E-state index contributed by atoms with van der Waals surface area (Å²) in [6, 6.07) is 12.7. The first-order valence-electron chi connectivity index (χ1n) is 5.99. The van der Waals surface area contributed by atoms with Gasteiger partial charge in [0.1, 0.15) is 0 Å². The molecule has 0 aliphatic carbocycles. The zero-order valence-electron chi connectivity index (χ0n) is 10.3.